The molecule has 4 aromatic rings. The van der Waals surface area contributed by atoms with Gasteiger partial charge in [-0.2, -0.15) is 0 Å². The van der Waals surface area contributed by atoms with E-state index in [9.17, 15) is 14.7 Å². The van der Waals surface area contributed by atoms with E-state index in [1.807, 2.05) is 91.0 Å². The third kappa shape index (κ3) is 3.82. The summed E-state index contributed by atoms with van der Waals surface area (Å²) >= 11 is 3.51. The summed E-state index contributed by atoms with van der Waals surface area (Å²) < 4.78 is 8.83. The first-order chi connectivity index (χ1) is 19.5. The van der Waals surface area contributed by atoms with Crippen molar-refractivity contribution in [2.75, 3.05) is 6.54 Å². The zero-order valence-electron chi connectivity index (χ0n) is 21.1. The van der Waals surface area contributed by atoms with Crippen molar-refractivity contribution in [3.63, 3.8) is 0 Å². The Kier molecular flexibility index (Phi) is 5.90. The number of aliphatic carboxylic acids is 1. The summed E-state index contributed by atoms with van der Waals surface area (Å²) in [6, 6.07) is 26.5. The second kappa shape index (κ2) is 9.50. The van der Waals surface area contributed by atoms with Gasteiger partial charge in [-0.1, -0.05) is 101 Å². The van der Waals surface area contributed by atoms with Crippen LogP contribution in [0.15, 0.2) is 102 Å². The second-order valence-corrected chi connectivity index (χ2v) is 11.3. The van der Waals surface area contributed by atoms with Crippen LogP contribution in [-0.4, -0.2) is 60.3 Å². The molecule has 9 nitrogen and oxygen atoms in total. The van der Waals surface area contributed by atoms with E-state index >= 15 is 0 Å². The molecule has 1 aromatic heterocycles. The Labute approximate surface area is 238 Å². The lowest BCUT2D eigenvalue weighted by Crippen LogP contribution is -2.40. The molecule has 200 valence electrons. The lowest BCUT2D eigenvalue weighted by Gasteiger charge is -2.31. The van der Waals surface area contributed by atoms with E-state index < -0.39 is 35.6 Å². The smallest absolute Gasteiger partial charge is 0.310 e. The van der Waals surface area contributed by atoms with Gasteiger partial charge in [0.05, 0.1) is 18.6 Å². The van der Waals surface area contributed by atoms with E-state index in [0.29, 0.717) is 5.82 Å². The largest absolute Gasteiger partial charge is 0.481 e. The number of rotatable bonds is 7. The van der Waals surface area contributed by atoms with Crippen molar-refractivity contribution < 1.29 is 19.4 Å². The molecule has 5 atom stereocenters. The van der Waals surface area contributed by atoms with Crippen molar-refractivity contribution in [1.29, 1.82) is 0 Å². The minimum Gasteiger partial charge on any atom is -0.481 e. The van der Waals surface area contributed by atoms with Crippen LogP contribution in [0.2, 0.25) is 0 Å². The zero-order chi connectivity index (χ0) is 27.4. The van der Waals surface area contributed by atoms with Crippen molar-refractivity contribution in [2.24, 2.45) is 11.8 Å². The Bertz CT molecular complexity index is 1570. The van der Waals surface area contributed by atoms with Gasteiger partial charge in [-0.3, -0.25) is 9.59 Å². The molecule has 1 N–H and O–H groups in total. The van der Waals surface area contributed by atoms with Crippen LogP contribution in [0, 0.1) is 11.8 Å². The Balaban J connectivity index is 1.38. The third-order valence-electron chi connectivity index (χ3n) is 8.15. The molecule has 1 amide bonds. The van der Waals surface area contributed by atoms with Gasteiger partial charge >= 0.3 is 5.97 Å². The minimum atomic E-state index is -1.03. The molecular formula is C30H24BrN5O4. The molecule has 0 radical (unpaired) electrons. The van der Waals surface area contributed by atoms with Gasteiger partial charge in [0.25, 0.3) is 0 Å². The summed E-state index contributed by atoms with van der Waals surface area (Å²) in [5, 5.41) is 23.0. The van der Waals surface area contributed by atoms with E-state index in [1.165, 1.54) is 0 Å². The molecule has 3 aliphatic heterocycles. The molecule has 7 rings (SSSR count). The number of carboxylic acids is 1. The standard InChI is InChI=1S/C30H24BrN5O4/c31-21-13-11-20(12-14-21)26(35-17-30-16-15-22(40-30)23(29(38)39)24(30)28(35)37)27-32-33-34-36(27)25(18-7-3-1-4-8-18)19-9-5-2-6-10-19/h1-16,22-26H,17H2,(H,38,39)/t22-,23+,24+,26-,30-/m1/s1. The Morgan fingerprint density at radius 1 is 0.950 bits per heavy atom. The number of amides is 1. The molecule has 0 unspecified atom stereocenters. The molecule has 3 aliphatic rings. The highest BCUT2D eigenvalue weighted by Crippen LogP contribution is 2.54. The van der Waals surface area contributed by atoms with Crippen molar-refractivity contribution in [2.45, 2.75) is 23.8 Å². The number of tetrazole rings is 1. The molecular weight excluding hydrogens is 574 g/mol. The number of halogens is 1. The van der Waals surface area contributed by atoms with Crippen molar-refractivity contribution in [3.8, 4) is 0 Å². The summed E-state index contributed by atoms with van der Waals surface area (Å²) in [6.07, 6.45) is 3.02. The molecule has 2 saturated heterocycles. The molecule has 0 saturated carbocycles. The first kappa shape index (κ1) is 24.9. The number of carbonyl (C=O) groups excluding carboxylic acids is 1. The Morgan fingerprint density at radius 3 is 2.20 bits per heavy atom. The fourth-order valence-electron chi connectivity index (χ4n) is 6.45. The molecule has 2 fully saturated rings. The molecule has 1 spiro atoms. The van der Waals surface area contributed by atoms with E-state index in [1.54, 1.807) is 15.7 Å². The van der Waals surface area contributed by atoms with Crippen LogP contribution < -0.4 is 0 Å². The number of carboxylic acid groups (broad SMARTS) is 1. The molecule has 4 heterocycles. The van der Waals surface area contributed by atoms with Crippen LogP contribution in [0.5, 0.6) is 0 Å². The number of fused-ring (bicyclic) bond motifs is 1. The van der Waals surface area contributed by atoms with Crippen LogP contribution in [-0.2, 0) is 14.3 Å². The number of nitrogens with zero attached hydrogens (tertiary/aromatic N) is 5. The summed E-state index contributed by atoms with van der Waals surface area (Å²) in [6.45, 7) is 0.197. The Morgan fingerprint density at radius 2 is 1.57 bits per heavy atom. The number of hydrogen-bond acceptors (Lipinski definition) is 6. The SMILES string of the molecule is O=C(O)[C@@H]1[C@H]2C(=O)N([C@H](c3ccc(Br)cc3)c3nnnn3C(c3ccccc3)c3ccccc3)C[C@]23C=C[C@H]1O3. The lowest BCUT2D eigenvalue weighted by atomic mass is 9.77. The highest BCUT2D eigenvalue weighted by molar-refractivity contribution is 9.10. The highest BCUT2D eigenvalue weighted by atomic mass is 79.9. The molecule has 3 aromatic carbocycles. The van der Waals surface area contributed by atoms with Crippen LogP contribution in [0.25, 0.3) is 0 Å². The zero-order valence-corrected chi connectivity index (χ0v) is 22.7. The number of likely N-dealkylation sites (tertiary alicyclic amines) is 1. The predicted molar refractivity (Wildman–Crippen MR) is 147 cm³/mol. The monoisotopic (exact) mass is 597 g/mol. The quantitative estimate of drug-likeness (QED) is 0.320. The van der Waals surface area contributed by atoms with Gasteiger partial charge in [-0.05, 0) is 39.2 Å². The van der Waals surface area contributed by atoms with Crippen molar-refractivity contribution in [3.05, 3.63) is 124 Å². The number of carbonyl (C=O) groups is 2. The van der Waals surface area contributed by atoms with Crippen molar-refractivity contribution in [1.82, 2.24) is 25.1 Å². The molecule has 2 bridgehead atoms. The van der Waals surface area contributed by atoms with E-state index in [4.69, 9.17) is 4.74 Å². The summed E-state index contributed by atoms with van der Waals surface area (Å²) in [5.41, 5.74) is 1.77. The summed E-state index contributed by atoms with van der Waals surface area (Å²) in [7, 11) is 0. The van der Waals surface area contributed by atoms with Crippen LogP contribution in [0.4, 0.5) is 0 Å². The number of aromatic nitrogens is 4. The number of ether oxygens (including phenoxy) is 1. The predicted octanol–water partition coefficient (Wildman–Crippen LogP) is 4.03. The van der Waals surface area contributed by atoms with E-state index in [2.05, 4.69) is 31.5 Å². The second-order valence-electron chi connectivity index (χ2n) is 10.4. The molecule has 10 heteroatoms. The topological polar surface area (TPSA) is 110 Å². The van der Waals surface area contributed by atoms with Gasteiger partial charge in [0.2, 0.25) is 5.91 Å². The first-order valence-corrected chi connectivity index (χ1v) is 13.8. The summed E-state index contributed by atoms with van der Waals surface area (Å²) in [5.74, 6) is -2.60. The van der Waals surface area contributed by atoms with Crippen LogP contribution >= 0.6 is 15.9 Å². The van der Waals surface area contributed by atoms with E-state index in [0.717, 1.165) is 21.2 Å². The van der Waals surface area contributed by atoms with E-state index in [-0.39, 0.29) is 18.5 Å². The maximum absolute atomic E-state index is 14.1. The van der Waals surface area contributed by atoms with Gasteiger partial charge in [0.1, 0.15) is 23.6 Å². The highest BCUT2D eigenvalue weighted by Gasteiger charge is 2.68. The normalized spacial score (nSPS) is 25.5. The number of benzene rings is 3. The van der Waals surface area contributed by atoms with Gasteiger partial charge in [0.15, 0.2) is 5.82 Å². The third-order valence-corrected chi connectivity index (χ3v) is 8.68. The fraction of sp³-hybridized carbons (Fsp3) is 0.233. The molecule has 40 heavy (non-hydrogen) atoms. The lowest BCUT2D eigenvalue weighted by molar-refractivity contribution is -0.148. The fourth-order valence-corrected chi connectivity index (χ4v) is 6.72. The molecule has 0 aliphatic carbocycles. The number of hydrogen-bond donors (Lipinski definition) is 1. The maximum Gasteiger partial charge on any atom is 0.310 e. The van der Waals surface area contributed by atoms with Crippen LogP contribution in [0.3, 0.4) is 0 Å². The first-order valence-electron chi connectivity index (χ1n) is 13.0. The van der Waals surface area contributed by atoms with Gasteiger partial charge in [-0.25, -0.2) is 4.68 Å². The minimum absolute atomic E-state index is 0.197. The Hall–Kier alpha value is -4.15. The van der Waals surface area contributed by atoms with Crippen molar-refractivity contribution >= 4 is 27.8 Å². The summed E-state index contributed by atoms with van der Waals surface area (Å²) in [4.78, 5) is 28.1. The average molecular weight is 598 g/mol. The van der Waals surface area contributed by atoms with Gasteiger partial charge < -0.3 is 14.7 Å². The average Bonchev–Trinajstić information content (AvgIpc) is 3.74. The van der Waals surface area contributed by atoms with Gasteiger partial charge in [0, 0.05) is 4.47 Å². The van der Waals surface area contributed by atoms with Gasteiger partial charge in [-0.15, -0.1) is 5.10 Å². The maximum atomic E-state index is 14.1. The van der Waals surface area contributed by atoms with Crippen LogP contribution in [0.1, 0.15) is 34.6 Å².